The van der Waals surface area contributed by atoms with Gasteiger partial charge in [-0.25, -0.2) is 0 Å². The number of benzene rings is 2. The van der Waals surface area contributed by atoms with E-state index in [1.54, 1.807) is 13.2 Å². The predicted octanol–water partition coefficient (Wildman–Crippen LogP) is 5.39. The molecule has 0 N–H and O–H groups in total. The van der Waals surface area contributed by atoms with Crippen molar-refractivity contribution in [3.63, 3.8) is 0 Å². The fraction of sp³-hybridized carbons (Fsp3) is 0.250. The Hall–Kier alpha value is -1.49. The quantitative estimate of drug-likeness (QED) is 0.665. The van der Waals surface area contributed by atoms with E-state index in [2.05, 4.69) is 15.9 Å². The number of rotatable bonds is 4. The second-order valence-corrected chi connectivity index (χ2v) is 5.71. The Kier molecular flexibility index (Phi) is 4.93. The van der Waals surface area contributed by atoms with E-state index >= 15 is 0 Å². The van der Waals surface area contributed by atoms with Crippen LogP contribution in [0.2, 0.25) is 0 Å². The molecule has 0 aromatic heterocycles. The summed E-state index contributed by atoms with van der Waals surface area (Å²) in [6.07, 6.45) is -3.78. The molecule has 21 heavy (non-hydrogen) atoms. The number of halogens is 4. The van der Waals surface area contributed by atoms with Gasteiger partial charge in [-0.1, -0.05) is 52.3 Å². The van der Waals surface area contributed by atoms with Crippen LogP contribution in [0.1, 0.15) is 21.5 Å². The van der Waals surface area contributed by atoms with Gasteiger partial charge in [-0.15, -0.1) is 0 Å². The lowest BCUT2D eigenvalue weighted by Crippen LogP contribution is -2.06. The molecule has 0 radical (unpaired) electrons. The molecular weight excluding hydrogens is 345 g/mol. The molecule has 0 aliphatic heterocycles. The molecule has 0 amide bonds. The van der Waals surface area contributed by atoms with Crippen LogP contribution in [0.15, 0.2) is 48.5 Å². The highest BCUT2D eigenvalue weighted by molar-refractivity contribution is 9.09. The van der Waals surface area contributed by atoms with Gasteiger partial charge in [0.25, 0.3) is 0 Å². The number of para-hydroxylation sites is 1. The van der Waals surface area contributed by atoms with Crippen LogP contribution in [-0.4, -0.2) is 7.11 Å². The van der Waals surface area contributed by atoms with Crippen LogP contribution in [0, 0.1) is 0 Å². The topological polar surface area (TPSA) is 9.23 Å². The van der Waals surface area contributed by atoms with Gasteiger partial charge in [-0.2, -0.15) is 13.2 Å². The Labute approximate surface area is 129 Å². The summed E-state index contributed by atoms with van der Waals surface area (Å²) in [6, 6.07) is 12.8. The minimum absolute atomic E-state index is 0.212. The second kappa shape index (κ2) is 6.52. The van der Waals surface area contributed by atoms with Gasteiger partial charge in [0, 0.05) is 4.83 Å². The standard InChI is InChI=1S/C16H14BrF3O/c1-21-15-8-3-2-5-12(15)10-14(17)11-6-4-7-13(9-11)16(18,19)20/h2-9,14H,10H2,1H3. The summed E-state index contributed by atoms with van der Waals surface area (Å²) in [5, 5.41) is 0. The molecule has 2 aromatic rings. The lowest BCUT2D eigenvalue weighted by molar-refractivity contribution is -0.137. The Morgan fingerprint density at radius 3 is 2.48 bits per heavy atom. The van der Waals surface area contributed by atoms with E-state index in [1.165, 1.54) is 12.1 Å². The third-order valence-corrected chi connectivity index (χ3v) is 4.02. The highest BCUT2D eigenvalue weighted by Gasteiger charge is 2.30. The molecule has 0 bridgehead atoms. The van der Waals surface area contributed by atoms with Gasteiger partial charge in [0.15, 0.2) is 0 Å². The van der Waals surface area contributed by atoms with Crippen LogP contribution in [0.3, 0.4) is 0 Å². The van der Waals surface area contributed by atoms with E-state index in [0.29, 0.717) is 12.0 Å². The molecule has 5 heteroatoms. The number of alkyl halides is 4. The molecule has 0 saturated heterocycles. The van der Waals surface area contributed by atoms with Crippen molar-refractivity contribution in [1.29, 1.82) is 0 Å². The van der Waals surface area contributed by atoms with Crippen molar-refractivity contribution in [2.24, 2.45) is 0 Å². The van der Waals surface area contributed by atoms with E-state index in [1.807, 2.05) is 24.3 Å². The van der Waals surface area contributed by atoms with E-state index < -0.39 is 11.7 Å². The van der Waals surface area contributed by atoms with Crippen molar-refractivity contribution >= 4 is 15.9 Å². The largest absolute Gasteiger partial charge is 0.496 e. The minimum atomic E-state index is -4.33. The summed E-state index contributed by atoms with van der Waals surface area (Å²) in [5.74, 6) is 0.730. The maximum Gasteiger partial charge on any atom is 0.416 e. The van der Waals surface area contributed by atoms with Crippen LogP contribution >= 0.6 is 15.9 Å². The van der Waals surface area contributed by atoms with Gasteiger partial charge in [-0.3, -0.25) is 0 Å². The Balaban J connectivity index is 2.22. The maximum atomic E-state index is 12.7. The van der Waals surface area contributed by atoms with Crippen molar-refractivity contribution in [3.8, 4) is 5.75 Å². The molecular formula is C16H14BrF3O. The SMILES string of the molecule is COc1ccccc1CC(Br)c1cccc(C(F)(F)F)c1. The monoisotopic (exact) mass is 358 g/mol. The van der Waals surface area contributed by atoms with Crippen LogP contribution in [0.4, 0.5) is 13.2 Å². The molecule has 2 aromatic carbocycles. The van der Waals surface area contributed by atoms with Crippen molar-refractivity contribution < 1.29 is 17.9 Å². The number of hydrogen-bond acceptors (Lipinski definition) is 1. The average molecular weight is 359 g/mol. The maximum absolute atomic E-state index is 12.7. The van der Waals surface area contributed by atoms with Crippen molar-refractivity contribution in [2.75, 3.05) is 7.11 Å². The van der Waals surface area contributed by atoms with E-state index in [9.17, 15) is 13.2 Å². The number of hydrogen-bond donors (Lipinski definition) is 0. The van der Waals surface area contributed by atoms with Gasteiger partial charge in [-0.05, 0) is 29.7 Å². The van der Waals surface area contributed by atoms with Gasteiger partial charge in [0.2, 0.25) is 0 Å². The second-order valence-electron chi connectivity index (χ2n) is 4.61. The Morgan fingerprint density at radius 1 is 1.10 bits per heavy atom. The zero-order valence-electron chi connectivity index (χ0n) is 11.3. The molecule has 1 unspecified atom stereocenters. The summed E-state index contributed by atoms with van der Waals surface area (Å²) in [6.45, 7) is 0. The van der Waals surface area contributed by atoms with Crippen molar-refractivity contribution in [3.05, 3.63) is 65.2 Å². The fourth-order valence-corrected chi connectivity index (χ4v) is 2.73. The summed E-state index contributed by atoms with van der Waals surface area (Å²) >= 11 is 3.46. The van der Waals surface area contributed by atoms with Gasteiger partial charge in [0.1, 0.15) is 5.75 Å². The first-order valence-corrected chi connectivity index (χ1v) is 7.26. The van der Waals surface area contributed by atoms with Gasteiger partial charge < -0.3 is 4.74 Å². The Morgan fingerprint density at radius 2 is 1.81 bits per heavy atom. The van der Waals surface area contributed by atoms with E-state index in [-0.39, 0.29) is 4.83 Å². The van der Waals surface area contributed by atoms with Gasteiger partial charge in [0.05, 0.1) is 12.7 Å². The third-order valence-electron chi connectivity index (χ3n) is 3.17. The minimum Gasteiger partial charge on any atom is -0.496 e. The van der Waals surface area contributed by atoms with E-state index in [0.717, 1.165) is 17.4 Å². The predicted molar refractivity (Wildman–Crippen MR) is 79.8 cm³/mol. The molecule has 112 valence electrons. The van der Waals surface area contributed by atoms with Crippen molar-refractivity contribution in [1.82, 2.24) is 0 Å². The highest BCUT2D eigenvalue weighted by Crippen LogP contribution is 2.35. The fourth-order valence-electron chi connectivity index (χ4n) is 2.09. The molecule has 2 rings (SSSR count). The zero-order valence-corrected chi connectivity index (χ0v) is 12.9. The lowest BCUT2D eigenvalue weighted by Gasteiger charge is -2.15. The summed E-state index contributed by atoms with van der Waals surface area (Å²) in [5.41, 5.74) is 0.902. The Bertz CT molecular complexity index is 610. The molecule has 0 saturated carbocycles. The first-order chi connectivity index (χ1) is 9.91. The van der Waals surface area contributed by atoms with Crippen LogP contribution in [0.25, 0.3) is 0 Å². The summed E-state index contributed by atoms with van der Waals surface area (Å²) in [7, 11) is 1.58. The molecule has 0 aliphatic carbocycles. The van der Waals surface area contributed by atoms with Crippen LogP contribution in [-0.2, 0) is 12.6 Å². The van der Waals surface area contributed by atoms with E-state index in [4.69, 9.17) is 4.74 Å². The lowest BCUT2D eigenvalue weighted by atomic mass is 10.0. The third kappa shape index (κ3) is 4.00. The summed E-state index contributed by atoms with van der Waals surface area (Å²) in [4.78, 5) is -0.212. The van der Waals surface area contributed by atoms with Crippen LogP contribution < -0.4 is 4.74 Å². The molecule has 1 atom stereocenters. The molecule has 0 aliphatic rings. The zero-order chi connectivity index (χ0) is 15.5. The normalized spacial score (nSPS) is 13.0. The first kappa shape index (κ1) is 15.9. The first-order valence-electron chi connectivity index (χ1n) is 6.35. The number of ether oxygens (including phenoxy) is 1. The molecule has 0 heterocycles. The number of methoxy groups -OCH3 is 1. The van der Waals surface area contributed by atoms with Crippen LogP contribution in [0.5, 0.6) is 5.75 Å². The smallest absolute Gasteiger partial charge is 0.416 e. The van der Waals surface area contributed by atoms with Gasteiger partial charge >= 0.3 is 6.18 Å². The average Bonchev–Trinajstić information content (AvgIpc) is 2.47. The van der Waals surface area contributed by atoms with Crippen molar-refractivity contribution in [2.45, 2.75) is 17.4 Å². The molecule has 0 spiro atoms. The molecule has 0 fully saturated rings. The molecule has 1 nitrogen and oxygen atoms in total. The summed E-state index contributed by atoms with van der Waals surface area (Å²) < 4.78 is 43.5. The highest BCUT2D eigenvalue weighted by atomic mass is 79.9.